The normalized spacial score (nSPS) is 10.2. The fraction of sp³-hybridized carbons (Fsp3) is 0.545. The van der Waals surface area contributed by atoms with E-state index in [0.29, 0.717) is 6.61 Å². The maximum absolute atomic E-state index is 10.6. The molecule has 1 rings (SSSR count). The molecule has 1 aromatic heterocycles. The maximum atomic E-state index is 10.6. The monoisotopic (exact) mass is 240 g/mol. The Kier molecular flexibility index (Phi) is 5.95. The van der Waals surface area contributed by atoms with Gasteiger partial charge in [-0.1, -0.05) is 6.42 Å². The Bertz CT molecular complexity index is 357. The van der Waals surface area contributed by atoms with Crippen molar-refractivity contribution in [1.29, 1.82) is 0 Å². The molecule has 0 fully saturated rings. The van der Waals surface area contributed by atoms with E-state index >= 15 is 0 Å². The molecule has 6 nitrogen and oxygen atoms in total. The van der Waals surface area contributed by atoms with Crippen LogP contribution >= 0.6 is 0 Å². The number of hydrogen-bond acceptors (Lipinski definition) is 5. The van der Waals surface area contributed by atoms with Crippen LogP contribution in [0.5, 0.6) is 5.75 Å². The minimum Gasteiger partial charge on any atom is -0.486 e. The highest BCUT2D eigenvalue weighted by atomic mass is 16.6. The number of unbranched alkanes of at least 4 members (excludes halogenated alkanes) is 3. The lowest BCUT2D eigenvalue weighted by atomic mass is 10.2. The molecule has 0 radical (unpaired) electrons. The van der Waals surface area contributed by atoms with Crippen LogP contribution in [0.25, 0.3) is 0 Å². The van der Waals surface area contributed by atoms with E-state index in [1.54, 1.807) is 12.1 Å². The van der Waals surface area contributed by atoms with Gasteiger partial charge in [0, 0.05) is 6.61 Å². The highest BCUT2D eigenvalue weighted by Gasteiger charge is 2.14. The molecule has 94 valence electrons. The Hall–Kier alpha value is -1.69. The molecule has 0 unspecified atom stereocenters. The fourth-order valence-electron chi connectivity index (χ4n) is 1.38. The molecule has 0 saturated carbocycles. The molecule has 6 heteroatoms. The van der Waals surface area contributed by atoms with Gasteiger partial charge in [0.05, 0.1) is 6.61 Å². The van der Waals surface area contributed by atoms with Crippen LogP contribution in [0.1, 0.15) is 25.7 Å². The first-order valence-electron chi connectivity index (χ1n) is 5.58. The Labute approximate surface area is 99.4 Å². The third-order valence-corrected chi connectivity index (χ3v) is 2.23. The molecule has 1 aromatic rings. The van der Waals surface area contributed by atoms with Gasteiger partial charge in [-0.15, -0.1) is 0 Å². The lowest BCUT2D eigenvalue weighted by molar-refractivity contribution is -0.390. The first kappa shape index (κ1) is 13.4. The van der Waals surface area contributed by atoms with E-state index in [1.165, 1.54) is 6.20 Å². The molecule has 0 atom stereocenters. The van der Waals surface area contributed by atoms with Crippen LogP contribution in [0.15, 0.2) is 18.3 Å². The van der Waals surface area contributed by atoms with E-state index in [2.05, 4.69) is 4.98 Å². The van der Waals surface area contributed by atoms with Crippen LogP contribution in [0, 0.1) is 10.1 Å². The predicted octanol–water partition coefficient (Wildman–Crippen LogP) is 1.92. The van der Waals surface area contributed by atoms with Crippen LogP contribution in [0.2, 0.25) is 0 Å². The zero-order valence-electron chi connectivity index (χ0n) is 9.54. The Morgan fingerprint density at radius 3 is 2.82 bits per heavy atom. The summed E-state index contributed by atoms with van der Waals surface area (Å²) in [6.07, 6.45) is 4.84. The van der Waals surface area contributed by atoms with Gasteiger partial charge in [-0.05, 0) is 41.3 Å². The molecule has 1 heterocycles. The number of aromatic nitrogens is 1. The smallest absolute Gasteiger partial charge is 0.406 e. The zero-order valence-corrected chi connectivity index (χ0v) is 9.54. The number of ether oxygens (including phenoxy) is 1. The van der Waals surface area contributed by atoms with Gasteiger partial charge in [0.2, 0.25) is 5.75 Å². The number of nitro groups is 1. The van der Waals surface area contributed by atoms with E-state index in [9.17, 15) is 10.1 Å². The second-order valence-electron chi connectivity index (χ2n) is 3.57. The van der Waals surface area contributed by atoms with Gasteiger partial charge in [-0.3, -0.25) is 0 Å². The van der Waals surface area contributed by atoms with Crippen molar-refractivity contribution >= 4 is 5.82 Å². The molecular formula is C11H16N2O4. The standard InChI is InChI=1S/C11H16N2O4/c14-8-3-1-2-4-9-17-10-6-5-7-12-11(10)13(15)16/h5-7,14H,1-4,8-9H2. The van der Waals surface area contributed by atoms with E-state index in [0.717, 1.165) is 25.7 Å². The van der Waals surface area contributed by atoms with E-state index in [1.807, 2.05) is 0 Å². The molecule has 0 aromatic carbocycles. The number of hydrogen-bond donors (Lipinski definition) is 1. The van der Waals surface area contributed by atoms with Crippen molar-refractivity contribution < 1.29 is 14.8 Å². The van der Waals surface area contributed by atoms with Crippen LogP contribution < -0.4 is 4.74 Å². The highest BCUT2D eigenvalue weighted by molar-refractivity contribution is 5.38. The molecule has 0 saturated heterocycles. The van der Waals surface area contributed by atoms with Crippen molar-refractivity contribution in [3.05, 3.63) is 28.4 Å². The zero-order chi connectivity index (χ0) is 12.5. The molecule has 0 aliphatic carbocycles. The van der Waals surface area contributed by atoms with Crippen LogP contribution in [0.4, 0.5) is 5.82 Å². The van der Waals surface area contributed by atoms with Crippen molar-refractivity contribution in [2.75, 3.05) is 13.2 Å². The van der Waals surface area contributed by atoms with Gasteiger partial charge in [0.1, 0.15) is 6.20 Å². The minimum atomic E-state index is -0.554. The maximum Gasteiger partial charge on any atom is 0.406 e. The van der Waals surface area contributed by atoms with Crippen LogP contribution in [-0.2, 0) is 0 Å². The second-order valence-corrected chi connectivity index (χ2v) is 3.57. The van der Waals surface area contributed by atoms with Gasteiger partial charge in [0.15, 0.2) is 0 Å². The molecule has 0 aliphatic heterocycles. The summed E-state index contributed by atoms with van der Waals surface area (Å²) in [7, 11) is 0. The van der Waals surface area contributed by atoms with Crippen molar-refractivity contribution in [2.24, 2.45) is 0 Å². The third-order valence-electron chi connectivity index (χ3n) is 2.23. The summed E-state index contributed by atoms with van der Waals surface area (Å²) < 4.78 is 5.31. The molecule has 0 amide bonds. The summed E-state index contributed by atoms with van der Waals surface area (Å²) in [5.41, 5.74) is 0. The van der Waals surface area contributed by atoms with Crippen molar-refractivity contribution in [3.63, 3.8) is 0 Å². The van der Waals surface area contributed by atoms with Crippen molar-refractivity contribution in [3.8, 4) is 5.75 Å². The second kappa shape index (κ2) is 7.56. The van der Waals surface area contributed by atoms with E-state index < -0.39 is 4.92 Å². The summed E-state index contributed by atoms with van der Waals surface area (Å²) in [5, 5.41) is 19.2. The van der Waals surface area contributed by atoms with Crippen molar-refractivity contribution in [1.82, 2.24) is 4.98 Å². The lowest BCUT2D eigenvalue weighted by Crippen LogP contribution is -2.02. The first-order valence-corrected chi connectivity index (χ1v) is 5.58. The Morgan fingerprint density at radius 2 is 2.12 bits per heavy atom. The number of nitrogens with zero attached hydrogens (tertiary/aromatic N) is 2. The topological polar surface area (TPSA) is 85.5 Å². The molecule has 0 spiro atoms. The number of aliphatic hydroxyl groups is 1. The molecular weight excluding hydrogens is 224 g/mol. The van der Waals surface area contributed by atoms with E-state index in [-0.39, 0.29) is 18.2 Å². The largest absolute Gasteiger partial charge is 0.486 e. The summed E-state index contributed by atoms with van der Waals surface area (Å²) in [6.45, 7) is 0.632. The molecule has 17 heavy (non-hydrogen) atoms. The Balaban J connectivity index is 2.34. The Morgan fingerprint density at radius 1 is 1.35 bits per heavy atom. The predicted molar refractivity (Wildman–Crippen MR) is 61.9 cm³/mol. The summed E-state index contributed by atoms with van der Waals surface area (Å²) in [6, 6.07) is 3.15. The first-order chi connectivity index (χ1) is 8.25. The number of rotatable bonds is 8. The number of pyridine rings is 1. The van der Waals surface area contributed by atoms with Gasteiger partial charge in [0.25, 0.3) is 0 Å². The summed E-state index contributed by atoms with van der Waals surface area (Å²) in [4.78, 5) is 13.7. The van der Waals surface area contributed by atoms with Gasteiger partial charge in [-0.25, -0.2) is 0 Å². The van der Waals surface area contributed by atoms with Crippen LogP contribution in [-0.4, -0.2) is 28.2 Å². The average molecular weight is 240 g/mol. The number of aliphatic hydroxyl groups excluding tert-OH is 1. The third kappa shape index (κ3) is 4.78. The summed E-state index contributed by atoms with van der Waals surface area (Å²) >= 11 is 0. The molecule has 0 bridgehead atoms. The molecule has 0 aliphatic rings. The van der Waals surface area contributed by atoms with Gasteiger partial charge < -0.3 is 20.0 Å². The van der Waals surface area contributed by atoms with Crippen molar-refractivity contribution in [2.45, 2.75) is 25.7 Å². The SMILES string of the molecule is O=[N+]([O-])c1ncccc1OCCCCCCO. The average Bonchev–Trinajstić information content (AvgIpc) is 2.34. The van der Waals surface area contributed by atoms with Gasteiger partial charge in [-0.2, -0.15) is 0 Å². The van der Waals surface area contributed by atoms with E-state index in [4.69, 9.17) is 9.84 Å². The van der Waals surface area contributed by atoms with Gasteiger partial charge >= 0.3 is 5.82 Å². The lowest BCUT2D eigenvalue weighted by Gasteiger charge is -2.05. The van der Waals surface area contributed by atoms with Crippen LogP contribution in [0.3, 0.4) is 0 Å². The highest BCUT2D eigenvalue weighted by Crippen LogP contribution is 2.22. The minimum absolute atomic E-state index is 0.203. The summed E-state index contributed by atoms with van der Waals surface area (Å²) in [5.74, 6) is -0.0393. The quantitative estimate of drug-likeness (QED) is 0.426. The fourth-order valence-corrected chi connectivity index (χ4v) is 1.38. The molecule has 1 N–H and O–H groups in total.